The van der Waals surface area contributed by atoms with Gasteiger partial charge in [-0.1, -0.05) is 61.8 Å². The molecule has 21 heavy (non-hydrogen) atoms. The number of hydrogen-bond acceptors (Lipinski definition) is 2. The maximum atomic E-state index is 6.10. The van der Waals surface area contributed by atoms with E-state index in [1.54, 1.807) is 0 Å². The summed E-state index contributed by atoms with van der Waals surface area (Å²) in [6.07, 6.45) is 1.10. The molecule has 0 bridgehead atoms. The first-order valence-electron chi connectivity index (χ1n) is 7.45. The van der Waals surface area contributed by atoms with E-state index in [-0.39, 0.29) is 0 Å². The molecule has 0 aliphatic rings. The van der Waals surface area contributed by atoms with Gasteiger partial charge in [-0.3, -0.25) is 0 Å². The van der Waals surface area contributed by atoms with Gasteiger partial charge in [0.1, 0.15) is 0 Å². The average molecular weight is 320 g/mol. The lowest BCUT2D eigenvalue weighted by Gasteiger charge is -2.27. The zero-order chi connectivity index (χ0) is 15.1. The predicted octanol–water partition coefficient (Wildman–Crippen LogP) is 5.56. The molecule has 1 N–H and O–H groups in total. The molecule has 0 heterocycles. The van der Waals surface area contributed by atoms with Crippen LogP contribution in [0.1, 0.15) is 31.9 Å². The van der Waals surface area contributed by atoms with Crippen molar-refractivity contribution in [3.8, 4) is 0 Å². The van der Waals surface area contributed by atoms with Crippen LogP contribution in [-0.2, 0) is 0 Å². The highest BCUT2D eigenvalue weighted by Gasteiger charge is 2.21. The van der Waals surface area contributed by atoms with Gasteiger partial charge in [-0.25, -0.2) is 0 Å². The summed E-state index contributed by atoms with van der Waals surface area (Å²) in [4.78, 5) is 1.23. The first kappa shape index (κ1) is 16.4. The van der Waals surface area contributed by atoms with Crippen LogP contribution in [0.2, 0.25) is 5.02 Å². The Bertz CT molecular complexity index is 544. The van der Waals surface area contributed by atoms with Crippen molar-refractivity contribution in [2.75, 3.05) is 6.54 Å². The normalized spacial score (nSPS) is 13.9. The quantitative estimate of drug-likeness (QED) is 0.670. The van der Waals surface area contributed by atoms with Crippen LogP contribution in [0, 0.1) is 0 Å². The summed E-state index contributed by atoms with van der Waals surface area (Å²) in [6.45, 7) is 5.37. The fraction of sp³-hybridized carbons (Fsp3) is 0.333. The summed E-state index contributed by atoms with van der Waals surface area (Å²) in [7, 11) is 0. The second-order valence-electron chi connectivity index (χ2n) is 4.97. The molecule has 0 saturated carbocycles. The smallest absolute Gasteiger partial charge is 0.0443 e. The summed E-state index contributed by atoms with van der Waals surface area (Å²) in [5.41, 5.74) is 1.35. The Kier molecular flexibility index (Phi) is 6.62. The minimum absolute atomic E-state index is 0.352. The zero-order valence-corrected chi connectivity index (χ0v) is 14.1. The van der Waals surface area contributed by atoms with Crippen LogP contribution in [0.25, 0.3) is 0 Å². The first-order valence-corrected chi connectivity index (χ1v) is 8.71. The number of nitrogens with one attached hydrogen (secondary N) is 1. The van der Waals surface area contributed by atoms with Gasteiger partial charge in [-0.2, -0.15) is 0 Å². The summed E-state index contributed by atoms with van der Waals surface area (Å²) in [5, 5.41) is 4.91. The van der Waals surface area contributed by atoms with E-state index >= 15 is 0 Å². The molecule has 2 rings (SSSR count). The summed E-state index contributed by atoms with van der Waals surface area (Å²) in [6, 6.07) is 19.2. The van der Waals surface area contributed by atoms with Gasteiger partial charge < -0.3 is 5.32 Å². The van der Waals surface area contributed by atoms with Gasteiger partial charge in [0.2, 0.25) is 0 Å². The van der Waals surface area contributed by atoms with Crippen LogP contribution < -0.4 is 5.32 Å². The van der Waals surface area contributed by atoms with E-state index in [0.717, 1.165) is 18.0 Å². The lowest BCUT2D eigenvalue weighted by molar-refractivity contribution is 0.521. The Labute approximate surface area is 137 Å². The number of rotatable bonds is 7. The molecule has 0 aromatic heterocycles. The van der Waals surface area contributed by atoms with Crippen LogP contribution in [0.3, 0.4) is 0 Å². The van der Waals surface area contributed by atoms with Gasteiger partial charge in [-0.05, 0) is 36.7 Å². The topological polar surface area (TPSA) is 12.0 Å². The van der Waals surface area contributed by atoms with Crippen molar-refractivity contribution in [3.05, 3.63) is 65.2 Å². The highest BCUT2D eigenvalue weighted by molar-refractivity contribution is 8.00. The van der Waals surface area contributed by atoms with E-state index in [1.165, 1.54) is 10.5 Å². The van der Waals surface area contributed by atoms with Crippen molar-refractivity contribution in [1.82, 2.24) is 5.32 Å². The molecular formula is C18H22ClNS. The lowest BCUT2D eigenvalue weighted by Crippen LogP contribution is -2.29. The standard InChI is InChI=1S/C18H22ClNS/c1-3-17(21-16-12-8-11-15(19)13-16)18(20-4-2)14-9-6-5-7-10-14/h5-13,17-18,20H,3-4H2,1-2H3. The molecular weight excluding hydrogens is 298 g/mol. The zero-order valence-electron chi connectivity index (χ0n) is 12.6. The van der Waals surface area contributed by atoms with Crippen molar-refractivity contribution >= 4 is 23.4 Å². The van der Waals surface area contributed by atoms with E-state index in [9.17, 15) is 0 Å². The maximum Gasteiger partial charge on any atom is 0.0443 e. The molecule has 0 aliphatic heterocycles. The fourth-order valence-electron chi connectivity index (χ4n) is 2.45. The fourth-order valence-corrected chi connectivity index (χ4v) is 3.96. The third kappa shape index (κ3) is 4.77. The molecule has 0 radical (unpaired) electrons. The lowest BCUT2D eigenvalue weighted by atomic mass is 10.0. The third-order valence-electron chi connectivity index (χ3n) is 3.44. The van der Waals surface area contributed by atoms with Gasteiger partial charge in [0.25, 0.3) is 0 Å². The Morgan fingerprint density at radius 3 is 2.43 bits per heavy atom. The maximum absolute atomic E-state index is 6.10. The highest BCUT2D eigenvalue weighted by Crippen LogP contribution is 2.35. The monoisotopic (exact) mass is 319 g/mol. The van der Waals surface area contributed by atoms with Crippen LogP contribution in [-0.4, -0.2) is 11.8 Å². The van der Waals surface area contributed by atoms with E-state index in [0.29, 0.717) is 11.3 Å². The summed E-state index contributed by atoms with van der Waals surface area (Å²) in [5.74, 6) is 0. The molecule has 0 spiro atoms. The van der Waals surface area contributed by atoms with Crippen molar-refractivity contribution < 1.29 is 0 Å². The minimum Gasteiger partial charge on any atom is -0.309 e. The van der Waals surface area contributed by atoms with Crippen molar-refractivity contribution in [2.24, 2.45) is 0 Å². The van der Waals surface area contributed by atoms with Gasteiger partial charge in [0.05, 0.1) is 0 Å². The molecule has 1 nitrogen and oxygen atoms in total. The van der Waals surface area contributed by atoms with Gasteiger partial charge in [0.15, 0.2) is 0 Å². The molecule has 2 aromatic rings. The van der Waals surface area contributed by atoms with Crippen LogP contribution in [0.4, 0.5) is 0 Å². The van der Waals surface area contributed by atoms with Gasteiger partial charge in [-0.15, -0.1) is 11.8 Å². The van der Waals surface area contributed by atoms with Gasteiger partial charge >= 0.3 is 0 Å². The third-order valence-corrected chi connectivity index (χ3v) is 5.11. The Morgan fingerprint density at radius 1 is 1.05 bits per heavy atom. The molecule has 0 fully saturated rings. The van der Waals surface area contributed by atoms with Crippen molar-refractivity contribution in [3.63, 3.8) is 0 Å². The minimum atomic E-state index is 0.352. The van der Waals surface area contributed by atoms with E-state index in [1.807, 2.05) is 30.0 Å². The van der Waals surface area contributed by atoms with Crippen molar-refractivity contribution in [2.45, 2.75) is 36.5 Å². The molecule has 2 unspecified atom stereocenters. The first-order chi connectivity index (χ1) is 10.2. The number of halogens is 1. The molecule has 0 aliphatic carbocycles. The van der Waals surface area contributed by atoms with Gasteiger partial charge in [0, 0.05) is 21.2 Å². The average Bonchev–Trinajstić information content (AvgIpc) is 2.51. The number of hydrogen-bond donors (Lipinski definition) is 1. The summed E-state index contributed by atoms with van der Waals surface area (Å²) >= 11 is 8.00. The molecule has 112 valence electrons. The van der Waals surface area contributed by atoms with E-state index in [2.05, 4.69) is 55.6 Å². The highest BCUT2D eigenvalue weighted by atomic mass is 35.5. The Morgan fingerprint density at radius 2 is 1.81 bits per heavy atom. The molecule has 3 heteroatoms. The number of benzene rings is 2. The molecule has 0 saturated heterocycles. The molecule has 0 amide bonds. The van der Waals surface area contributed by atoms with E-state index < -0.39 is 0 Å². The predicted molar refractivity (Wildman–Crippen MR) is 94.2 cm³/mol. The van der Waals surface area contributed by atoms with Crippen LogP contribution >= 0.6 is 23.4 Å². The second kappa shape index (κ2) is 8.47. The molecule has 2 atom stereocenters. The van der Waals surface area contributed by atoms with Crippen LogP contribution in [0.15, 0.2) is 59.5 Å². The van der Waals surface area contributed by atoms with Crippen molar-refractivity contribution in [1.29, 1.82) is 0 Å². The second-order valence-corrected chi connectivity index (χ2v) is 6.72. The van der Waals surface area contributed by atoms with Crippen LogP contribution in [0.5, 0.6) is 0 Å². The van der Waals surface area contributed by atoms with E-state index in [4.69, 9.17) is 11.6 Å². The Hall–Kier alpha value is -0.960. The number of thioether (sulfide) groups is 1. The Balaban J connectivity index is 2.20. The largest absolute Gasteiger partial charge is 0.309 e. The molecule has 2 aromatic carbocycles. The summed E-state index contributed by atoms with van der Waals surface area (Å²) < 4.78 is 0. The SMILES string of the molecule is CCNC(c1ccccc1)C(CC)Sc1cccc(Cl)c1.